The molecule has 0 bridgehead atoms. The van der Waals surface area contributed by atoms with E-state index >= 15 is 0 Å². The zero-order chi connectivity index (χ0) is 10.8. The normalized spacial score (nSPS) is 10.3. The summed E-state index contributed by atoms with van der Waals surface area (Å²) in [5.41, 5.74) is 10.3. The van der Waals surface area contributed by atoms with Gasteiger partial charge in [-0.3, -0.25) is 0 Å². The Morgan fingerprint density at radius 3 is 2.33 bits per heavy atom. The highest BCUT2D eigenvalue weighted by Gasteiger charge is 2.03. The van der Waals surface area contributed by atoms with Crippen LogP contribution in [0.3, 0.4) is 0 Å². The van der Waals surface area contributed by atoms with Gasteiger partial charge in [0.2, 0.25) is 0 Å². The van der Waals surface area contributed by atoms with Crippen LogP contribution in [0.2, 0.25) is 0 Å². The molecule has 0 unspecified atom stereocenters. The third-order valence-electron chi connectivity index (χ3n) is 2.53. The van der Waals surface area contributed by atoms with Crippen molar-refractivity contribution in [1.29, 1.82) is 0 Å². The molecule has 0 amide bonds. The minimum atomic E-state index is 0.843. The van der Waals surface area contributed by atoms with Crippen LogP contribution < -0.4 is 5.73 Å². The molecule has 0 saturated carbocycles. The molecule has 76 valence electrons. The van der Waals surface area contributed by atoms with E-state index in [4.69, 9.17) is 5.73 Å². The van der Waals surface area contributed by atoms with Gasteiger partial charge in [0, 0.05) is 10.2 Å². The molecule has 15 heavy (non-hydrogen) atoms. The van der Waals surface area contributed by atoms with Crippen molar-refractivity contribution in [1.82, 2.24) is 0 Å². The Bertz CT molecular complexity index is 474. The predicted molar refractivity (Wildman–Crippen MR) is 68.7 cm³/mol. The first-order valence-corrected chi connectivity index (χ1v) is 5.59. The van der Waals surface area contributed by atoms with E-state index in [2.05, 4.69) is 34.1 Å². The van der Waals surface area contributed by atoms with E-state index in [0.717, 1.165) is 15.7 Å². The van der Waals surface area contributed by atoms with Crippen LogP contribution in [0.5, 0.6) is 0 Å². The van der Waals surface area contributed by atoms with E-state index in [9.17, 15) is 0 Å². The Morgan fingerprint density at radius 1 is 1.00 bits per heavy atom. The number of rotatable bonds is 1. The first-order valence-electron chi connectivity index (χ1n) is 4.79. The fourth-order valence-electron chi connectivity index (χ4n) is 1.60. The second-order valence-electron chi connectivity index (χ2n) is 3.53. The number of nitrogens with two attached hydrogens (primary N) is 1. The van der Waals surface area contributed by atoms with Crippen LogP contribution in [0.25, 0.3) is 11.1 Å². The third-order valence-corrected chi connectivity index (χ3v) is 3.06. The molecule has 0 aliphatic heterocycles. The number of anilines is 1. The fraction of sp³-hybridized carbons (Fsp3) is 0.0769. The molecule has 2 aromatic rings. The maximum Gasteiger partial charge on any atom is 0.0349 e. The minimum Gasteiger partial charge on any atom is -0.398 e. The molecule has 0 radical (unpaired) electrons. The second kappa shape index (κ2) is 4.07. The molecular formula is C13H12BrN. The van der Waals surface area contributed by atoms with Gasteiger partial charge in [0.25, 0.3) is 0 Å². The van der Waals surface area contributed by atoms with Gasteiger partial charge in [0.1, 0.15) is 0 Å². The molecule has 2 N–H and O–H groups in total. The zero-order valence-corrected chi connectivity index (χ0v) is 10.1. The fourth-order valence-corrected chi connectivity index (χ4v) is 1.86. The monoisotopic (exact) mass is 261 g/mol. The summed E-state index contributed by atoms with van der Waals surface area (Å²) >= 11 is 3.43. The second-order valence-corrected chi connectivity index (χ2v) is 4.44. The quantitative estimate of drug-likeness (QED) is 0.772. The summed E-state index contributed by atoms with van der Waals surface area (Å²) in [7, 11) is 0. The van der Waals surface area contributed by atoms with E-state index in [-0.39, 0.29) is 0 Å². The maximum atomic E-state index is 5.88. The molecule has 2 rings (SSSR count). The van der Waals surface area contributed by atoms with Crippen molar-refractivity contribution >= 4 is 21.6 Å². The highest BCUT2D eigenvalue weighted by molar-refractivity contribution is 9.10. The Hall–Kier alpha value is -1.28. The van der Waals surface area contributed by atoms with Crippen molar-refractivity contribution in [2.45, 2.75) is 6.92 Å². The standard InChI is InChI=1S/C13H12BrN/c1-9-12(3-2-4-13(9)15)10-5-7-11(14)8-6-10/h2-8H,15H2,1H3. The van der Waals surface area contributed by atoms with Gasteiger partial charge in [0.15, 0.2) is 0 Å². The molecule has 2 heteroatoms. The van der Waals surface area contributed by atoms with Gasteiger partial charge < -0.3 is 5.73 Å². The molecule has 2 aromatic carbocycles. The Kier molecular flexibility index (Phi) is 2.78. The van der Waals surface area contributed by atoms with Crippen molar-refractivity contribution in [2.75, 3.05) is 5.73 Å². The van der Waals surface area contributed by atoms with Gasteiger partial charge in [-0.1, -0.05) is 40.2 Å². The van der Waals surface area contributed by atoms with Gasteiger partial charge in [-0.15, -0.1) is 0 Å². The first-order chi connectivity index (χ1) is 7.18. The lowest BCUT2D eigenvalue weighted by Crippen LogP contribution is -1.91. The molecule has 0 aliphatic rings. The average Bonchev–Trinajstić information content (AvgIpc) is 2.24. The third kappa shape index (κ3) is 2.05. The Morgan fingerprint density at radius 2 is 1.67 bits per heavy atom. The van der Waals surface area contributed by atoms with Crippen molar-refractivity contribution in [3.8, 4) is 11.1 Å². The van der Waals surface area contributed by atoms with E-state index in [1.165, 1.54) is 11.1 Å². The summed E-state index contributed by atoms with van der Waals surface area (Å²) in [4.78, 5) is 0. The van der Waals surface area contributed by atoms with E-state index in [0.29, 0.717) is 0 Å². The topological polar surface area (TPSA) is 26.0 Å². The van der Waals surface area contributed by atoms with Crippen LogP contribution in [0.4, 0.5) is 5.69 Å². The van der Waals surface area contributed by atoms with Crippen molar-refractivity contribution < 1.29 is 0 Å². The van der Waals surface area contributed by atoms with Crippen molar-refractivity contribution in [2.24, 2.45) is 0 Å². The van der Waals surface area contributed by atoms with E-state index in [1.807, 2.05) is 31.2 Å². The van der Waals surface area contributed by atoms with Gasteiger partial charge in [0.05, 0.1) is 0 Å². The highest BCUT2D eigenvalue weighted by Crippen LogP contribution is 2.27. The van der Waals surface area contributed by atoms with Crippen LogP contribution >= 0.6 is 15.9 Å². The maximum absolute atomic E-state index is 5.88. The molecule has 0 aliphatic carbocycles. The first kappa shape index (κ1) is 10.2. The molecule has 0 fully saturated rings. The SMILES string of the molecule is Cc1c(N)cccc1-c1ccc(Br)cc1. The lowest BCUT2D eigenvalue weighted by Gasteiger charge is -2.08. The molecule has 0 spiro atoms. The summed E-state index contributed by atoms with van der Waals surface area (Å²) in [5.74, 6) is 0. The Labute approximate surface area is 98.1 Å². The molecule has 0 aromatic heterocycles. The molecule has 0 atom stereocenters. The van der Waals surface area contributed by atoms with Gasteiger partial charge in [-0.2, -0.15) is 0 Å². The number of hydrogen-bond donors (Lipinski definition) is 1. The van der Waals surface area contributed by atoms with Crippen molar-refractivity contribution in [3.63, 3.8) is 0 Å². The van der Waals surface area contributed by atoms with E-state index in [1.54, 1.807) is 0 Å². The zero-order valence-electron chi connectivity index (χ0n) is 8.50. The Balaban J connectivity index is 2.54. The summed E-state index contributed by atoms with van der Waals surface area (Å²) in [6.45, 7) is 2.05. The van der Waals surface area contributed by atoms with E-state index < -0.39 is 0 Å². The van der Waals surface area contributed by atoms with Gasteiger partial charge >= 0.3 is 0 Å². The summed E-state index contributed by atoms with van der Waals surface area (Å²) < 4.78 is 1.09. The van der Waals surface area contributed by atoms with Crippen LogP contribution in [0.1, 0.15) is 5.56 Å². The number of hydrogen-bond acceptors (Lipinski definition) is 1. The minimum absolute atomic E-state index is 0.843. The summed E-state index contributed by atoms with van der Waals surface area (Å²) in [6, 6.07) is 14.3. The molecule has 0 saturated heterocycles. The van der Waals surface area contributed by atoms with Crippen LogP contribution in [0, 0.1) is 6.92 Å². The van der Waals surface area contributed by atoms with Crippen LogP contribution in [-0.4, -0.2) is 0 Å². The highest BCUT2D eigenvalue weighted by atomic mass is 79.9. The summed E-state index contributed by atoms with van der Waals surface area (Å²) in [6.07, 6.45) is 0. The molecule has 1 nitrogen and oxygen atoms in total. The van der Waals surface area contributed by atoms with Crippen LogP contribution in [0.15, 0.2) is 46.9 Å². The van der Waals surface area contributed by atoms with Gasteiger partial charge in [-0.05, 0) is 41.8 Å². The predicted octanol–water partition coefficient (Wildman–Crippen LogP) is 4.01. The number of benzene rings is 2. The molecular weight excluding hydrogens is 250 g/mol. The lowest BCUT2D eigenvalue weighted by atomic mass is 10.00. The van der Waals surface area contributed by atoms with Gasteiger partial charge in [-0.25, -0.2) is 0 Å². The number of halogens is 1. The van der Waals surface area contributed by atoms with Crippen molar-refractivity contribution in [3.05, 3.63) is 52.5 Å². The lowest BCUT2D eigenvalue weighted by molar-refractivity contribution is 1.45. The number of nitrogen functional groups attached to an aromatic ring is 1. The molecule has 0 heterocycles. The summed E-state index contributed by atoms with van der Waals surface area (Å²) in [5, 5.41) is 0. The van der Waals surface area contributed by atoms with Crippen LogP contribution in [-0.2, 0) is 0 Å². The average molecular weight is 262 g/mol. The smallest absolute Gasteiger partial charge is 0.0349 e. The largest absolute Gasteiger partial charge is 0.398 e.